The fraction of sp³-hybridized carbons (Fsp3) is 0.294. The Morgan fingerprint density at radius 1 is 1.42 bits per heavy atom. The first kappa shape index (κ1) is 16.5. The molecule has 1 amide bonds. The van der Waals surface area contributed by atoms with Crippen LogP contribution in [0.5, 0.6) is 0 Å². The molecule has 0 spiro atoms. The number of hydrogen-bond acceptors (Lipinski definition) is 3. The maximum Gasteiger partial charge on any atom is 0.257 e. The van der Waals surface area contributed by atoms with Crippen LogP contribution < -0.4 is 15.6 Å². The van der Waals surface area contributed by atoms with Crippen molar-refractivity contribution in [3.8, 4) is 0 Å². The number of hydrogen-bond donors (Lipinski definition) is 2. The van der Waals surface area contributed by atoms with E-state index in [9.17, 15) is 14.0 Å². The van der Waals surface area contributed by atoms with Gasteiger partial charge in [-0.2, -0.15) is 0 Å². The summed E-state index contributed by atoms with van der Waals surface area (Å²) in [6, 6.07) is 5.95. The molecular formula is C17H17ClFN3O2. The molecule has 3 rings (SSSR count). The highest BCUT2D eigenvalue weighted by atomic mass is 35.5. The lowest BCUT2D eigenvalue weighted by Gasteiger charge is -2.19. The second-order valence-electron chi connectivity index (χ2n) is 5.90. The van der Waals surface area contributed by atoms with Crippen molar-refractivity contribution in [3.63, 3.8) is 0 Å². The number of amides is 1. The van der Waals surface area contributed by atoms with E-state index in [4.69, 9.17) is 11.6 Å². The number of halogens is 2. The van der Waals surface area contributed by atoms with Crippen LogP contribution in [0.2, 0.25) is 5.02 Å². The molecule has 0 saturated carbocycles. The van der Waals surface area contributed by atoms with Crippen molar-refractivity contribution < 1.29 is 9.18 Å². The SMILES string of the molecule is Cc1cc(=O)c(C(=O)N[C@@H]2CCN(c3ccc(Cl)c(F)c3)C2)c[nH]1. The number of benzene rings is 1. The van der Waals surface area contributed by atoms with Crippen molar-refractivity contribution in [3.05, 3.63) is 62.8 Å². The minimum absolute atomic E-state index is 0.0846. The Morgan fingerprint density at radius 3 is 2.92 bits per heavy atom. The number of carbonyl (C=O) groups excluding carboxylic acids is 1. The van der Waals surface area contributed by atoms with Crippen LogP contribution in [0.1, 0.15) is 22.5 Å². The molecule has 24 heavy (non-hydrogen) atoms. The van der Waals surface area contributed by atoms with E-state index in [1.807, 2.05) is 4.90 Å². The first-order valence-electron chi connectivity index (χ1n) is 7.64. The van der Waals surface area contributed by atoms with E-state index in [1.54, 1.807) is 13.0 Å². The molecule has 2 heterocycles. The summed E-state index contributed by atoms with van der Waals surface area (Å²) in [4.78, 5) is 29.0. The summed E-state index contributed by atoms with van der Waals surface area (Å²) in [6.07, 6.45) is 2.15. The zero-order chi connectivity index (χ0) is 17.3. The summed E-state index contributed by atoms with van der Waals surface area (Å²) < 4.78 is 13.6. The molecule has 0 radical (unpaired) electrons. The maximum absolute atomic E-state index is 13.6. The molecule has 1 atom stereocenters. The molecule has 2 N–H and O–H groups in total. The van der Waals surface area contributed by atoms with Gasteiger partial charge in [0.05, 0.1) is 5.02 Å². The molecule has 126 valence electrons. The Morgan fingerprint density at radius 2 is 2.21 bits per heavy atom. The van der Waals surface area contributed by atoms with Crippen LogP contribution >= 0.6 is 11.6 Å². The third kappa shape index (κ3) is 3.43. The van der Waals surface area contributed by atoms with Gasteiger partial charge in [-0.3, -0.25) is 9.59 Å². The highest BCUT2D eigenvalue weighted by Gasteiger charge is 2.25. The number of H-pyrrole nitrogens is 1. The van der Waals surface area contributed by atoms with Gasteiger partial charge in [0, 0.05) is 42.8 Å². The van der Waals surface area contributed by atoms with Gasteiger partial charge >= 0.3 is 0 Å². The van der Waals surface area contributed by atoms with Gasteiger partial charge in [0.25, 0.3) is 5.91 Å². The average Bonchev–Trinajstić information content (AvgIpc) is 2.98. The van der Waals surface area contributed by atoms with Crippen molar-refractivity contribution in [2.75, 3.05) is 18.0 Å². The van der Waals surface area contributed by atoms with Crippen molar-refractivity contribution in [2.24, 2.45) is 0 Å². The van der Waals surface area contributed by atoms with Gasteiger partial charge in [0.1, 0.15) is 11.4 Å². The second-order valence-corrected chi connectivity index (χ2v) is 6.30. The van der Waals surface area contributed by atoms with Gasteiger partial charge in [-0.25, -0.2) is 4.39 Å². The molecule has 0 aliphatic carbocycles. The minimum atomic E-state index is -0.465. The molecule has 1 aromatic heterocycles. The normalized spacial score (nSPS) is 17.1. The van der Waals surface area contributed by atoms with Crippen molar-refractivity contribution in [2.45, 2.75) is 19.4 Å². The average molecular weight is 350 g/mol. The van der Waals surface area contributed by atoms with Crippen molar-refractivity contribution >= 4 is 23.2 Å². The van der Waals surface area contributed by atoms with Crippen molar-refractivity contribution in [1.29, 1.82) is 0 Å². The molecule has 1 fully saturated rings. The molecule has 0 unspecified atom stereocenters. The summed E-state index contributed by atoms with van der Waals surface area (Å²) >= 11 is 5.70. The zero-order valence-electron chi connectivity index (χ0n) is 13.1. The Balaban J connectivity index is 1.66. The Labute approximate surface area is 143 Å². The lowest BCUT2D eigenvalue weighted by atomic mass is 10.2. The van der Waals surface area contributed by atoms with Crippen LogP contribution in [0.25, 0.3) is 0 Å². The third-order valence-corrected chi connectivity index (χ3v) is 4.40. The monoisotopic (exact) mass is 349 g/mol. The maximum atomic E-state index is 13.6. The molecule has 2 aromatic rings. The number of aromatic amines is 1. The molecule has 1 aliphatic rings. The summed E-state index contributed by atoms with van der Waals surface area (Å²) in [7, 11) is 0. The fourth-order valence-corrected chi connectivity index (χ4v) is 2.93. The topological polar surface area (TPSA) is 65.2 Å². The Kier molecular flexibility index (Phi) is 4.57. The van der Waals surface area contributed by atoms with Gasteiger partial charge in [-0.1, -0.05) is 11.6 Å². The summed E-state index contributed by atoms with van der Waals surface area (Å²) in [5.74, 6) is -0.863. The summed E-state index contributed by atoms with van der Waals surface area (Å²) in [5, 5.41) is 2.95. The molecule has 0 bridgehead atoms. The summed E-state index contributed by atoms with van der Waals surface area (Å²) in [6.45, 7) is 3.00. The summed E-state index contributed by atoms with van der Waals surface area (Å²) in [5.41, 5.74) is 1.21. The van der Waals surface area contributed by atoms with Crippen molar-refractivity contribution in [1.82, 2.24) is 10.3 Å². The third-order valence-electron chi connectivity index (χ3n) is 4.09. The second kappa shape index (κ2) is 6.65. The van der Waals surface area contributed by atoms with Gasteiger partial charge in [0.2, 0.25) is 0 Å². The smallest absolute Gasteiger partial charge is 0.257 e. The number of rotatable bonds is 3. The van der Waals surface area contributed by atoms with Gasteiger partial charge in [0.15, 0.2) is 5.43 Å². The van der Waals surface area contributed by atoms with Crippen LogP contribution in [0, 0.1) is 12.7 Å². The van der Waals surface area contributed by atoms with E-state index >= 15 is 0 Å². The van der Waals surface area contributed by atoms with E-state index in [1.165, 1.54) is 24.4 Å². The van der Waals surface area contributed by atoms with Crippen LogP contribution in [0.4, 0.5) is 10.1 Å². The molecule has 1 aliphatic heterocycles. The molecule has 5 nitrogen and oxygen atoms in total. The minimum Gasteiger partial charge on any atom is -0.369 e. The van der Waals surface area contributed by atoms with Crippen LogP contribution in [0.15, 0.2) is 35.3 Å². The van der Waals surface area contributed by atoms with Crippen LogP contribution in [-0.4, -0.2) is 30.0 Å². The lowest BCUT2D eigenvalue weighted by molar-refractivity contribution is 0.0939. The molecule has 1 aromatic carbocycles. The number of nitrogens with zero attached hydrogens (tertiary/aromatic N) is 1. The first-order chi connectivity index (χ1) is 11.4. The van der Waals surface area contributed by atoms with Crippen LogP contribution in [0.3, 0.4) is 0 Å². The van der Waals surface area contributed by atoms with Gasteiger partial charge in [-0.15, -0.1) is 0 Å². The molecule has 7 heteroatoms. The molecular weight excluding hydrogens is 333 g/mol. The number of nitrogens with one attached hydrogen (secondary N) is 2. The number of aryl methyl sites for hydroxylation is 1. The van der Waals surface area contributed by atoms with Gasteiger partial charge in [-0.05, 0) is 31.5 Å². The number of carbonyl (C=O) groups is 1. The van der Waals surface area contributed by atoms with E-state index in [-0.39, 0.29) is 22.1 Å². The number of anilines is 1. The number of pyridine rings is 1. The zero-order valence-corrected chi connectivity index (χ0v) is 13.9. The first-order valence-corrected chi connectivity index (χ1v) is 8.02. The predicted molar refractivity (Wildman–Crippen MR) is 91.3 cm³/mol. The van der Waals surface area contributed by atoms with E-state index in [0.717, 1.165) is 12.1 Å². The Hall–Kier alpha value is -2.34. The van der Waals surface area contributed by atoms with E-state index < -0.39 is 11.7 Å². The van der Waals surface area contributed by atoms with E-state index in [0.29, 0.717) is 18.8 Å². The highest BCUT2D eigenvalue weighted by molar-refractivity contribution is 6.30. The molecule has 1 saturated heterocycles. The Bertz CT molecular complexity index is 837. The van der Waals surface area contributed by atoms with Crippen LogP contribution in [-0.2, 0) is 0 Å². The predicted octanol–water partition coefficient (Wildman–Crippen LogP) is 2.48. The standard InChI is InChI=1S/C17H17ClFN3O2/c1-10-6-16(23)13(8-20-10)17(24)21-11-4-5-22(9-11)12-2-3-14(18)15(19)7-12/h2-3,6-8,11H,4-5,9H2,1H3,(H,20,23)(H,21,24)/t11-/m1/s1. The fourth-order valence-electron chi connectivity index (χ4n) is 2.81. The largest absolute Gasteiger partial charge is 0.369 e. The van der Waals surface area contributed by atoms with Gasteiger partial charge < -0.3 is 15.2 Å². The van der Waals surface area contributed by atoms with E-state index in [2.05, 4.69) is 10.3 Å². The lowest BCUT2D eigenvalue weighted by Crippen LogP contribution is -2.39. The highest BCUT2D eigenvalue weighted by Crippen LogP contribution is 2.25. The number of aromatic nitrogens is 1. The quantitative estimate of drug-likeness (QED) is 0.894.